The summed E-state index contributed by atoms with van der Waals surface area (Å²) in [4.78, 5) is 31.6. The first kappa shape index (κ1) is 25.1. The number of anilines is 2. The van der Waals surface area contributed by atoms with Crippen molar-refractivity contribution in [3.63, 3.8) is 0 Å². The van der Waals surface area contributed by atoms with Crippen LogP contribution < -0.4 is 15.0 Å². The Morgan fingerprint density at radius 2 is 1.69 bits per heavy atom. The first-order chi connectivity index (χ1) is 17.2. The Balaban J connectivity index is 1.53. The van der Waals surface area contributed by atoms with Gasteiger partial charge in [0.1, 0.15) is 5.70 Å². The van der Waals surface area contributed by atoms with E-state index in [0.717, 1.165) is 29.0 Å². The van der Waals surface area contributed by atoms with Gasteiger partial charge >= 0.3 is 6.36 Å². The molecular formula is C26H20F3N3O3S. The van der Waals surface area contributed by atoms with Gasteiger partial charge in [0, 0.05) is 0 Å². The van der Waals surface area contributed by atoms with Crippen molar-refractivity contribution in [2.24, 2.45) is 4.99 Å². The number of ether oxygens (including phenoxy) is 1. The van der Waals surface area contributed by atoms with Crippen molar-refractivity contribution in [2.75, 3.05) is 16.0 Å². The van der Waals surface area contributed by atoms with E-state index in [1.165, 1.54) is 23.1 Å². The van der Waals surface area contributed by atoms with E-state index in [1.54, 1.807) is 30.3 Å². The molecule has 3 aromatic carbocycles. The zero-order chi connectivity index (χ0) is 25.7. The van der Waals surface area contributed by atoms with Crippen LogP contribution in [-0.4, -0.2) is 29.1 Å². The number of thioether (sulfide) groups is 1. The number of amides is 2. The number of amidine groups is 1. The lowest BCUT2D eigenvalue weighted by atomic mass is 10.1. The van der Waals surface area contributed by atoms with Crippen molar-refractivity contribution in [3.8, 4) is 5.75 Å². The van der Waals surface area contributed by atoms with E-state index in [1.807, 2.05) is 37.3 Å². The summed E-state index contributed by atoms with van der Waals surface area (Å²) in [5.74, 6) is -1.66. The minimum Gasteiger partial charge on any atom is -0.404 e. The molecule has 0 atom stereocenters. The first-order valence-electron chi connectivity index (χ1n) is 10.7. The van der Waals surface area contributed by atoms with Crippen LogP contribution in [0.5, 0.6) is 5.75 Å². The summed E-state index contributed by atoms with van der Waals surface area (Å²) in [5, 5.41) is 2.70. The molecule has 0 radical (unpaired) electrons. The zero-order valence-corrected chi connectivity index (χ0v) is 19.8. The Kier molecular flexibility index (Phi) is 7.44. The van der Waals surface area contributed by atoms with Crippen molar-refractivity contribution in [1.29, 1.82) is 0 Å². The van der Waals surface area contributed by atoms with E-state index in [4.69, 9.17) is 0 Å². The normalized spacial score (nSPS) is 14.7. The molecule has 0 saturated carbocycles. The molecule has 10 heteroatoms. The second kappa shape index (κ2) is 10.7. The highest BCUT2D eigenvalue weighted by molar-refractivity contribution is 8.14. The van der Waals surface area contributed by atoms with Gasteiger partial charge in [0.05, 0.1) is 17.1 Å². The molecule has 36 heavy (non-hydrogen) atoms. The molecule has 1 aliphatic rings. The van der Waals surface area contributed by atoms with Crippen LogP contribution in [0.2, 0.25) is 0 Å². The van der Waals surface area contributed by atoms with Crippen LogP contribution in [0.15, 0.2) is 89.6 Å². The highest BCUT2D eigenvalue weighted by Crippen LogP contribution is 2.31. The minimum atomic E-state index is -4.90. The molecular weight excluding hydrogens is 491 g/mol. The molecule has 0 aliphatic carbocycles. The Morgan fingerprint density at radius 3 is 2.39 bits per heavy atom. The van der Waals surface area contributed by atoms with Crippen LogP contribution >= 0.6 is 11.8 Å². The average molecular weight is 512 g/mol. The topological polar surface area (TPSA) is 71.0 Å². The molecule has 1 N–H and O–H groups in total. The molecule has 0 spiro atoms. The van der Waals surface area contributed by atoms with Crippen molar-refractivity contribution in [1.82, 2.24) is 0 Å². The van der Waals surface area contributed by atoms with Crippen molar-refractivity contribution >= 4 is 46.2 Å². The molecule has 0 saturated heterocycles. The molecule has 2 amide bonds. The SMILES string of the molecule is Cc1ccc(/C=C2/N=C(SCC(=O)Nc3ccccc3OC(F)(F)F)N(c3ccccc3)C2=O)cc1. The molecule has 1 heterocycles. The Bertz CT molecular complexity index is 1320. The van der Waals surface area contributed by atoms with Gasteiger partial charge in [0.2, 0.25) is 5.91 Å². The minimum absolute atomic E-state index is 0.121. The van der Waals surface area contributed by atoms with Crippen LogP contribution in [0.1, 0.15) is 11.1 Å². The number of aryl methyl sites for hydroxylation is 1. The third-order valence-electron chi connectivity index (χ3n) is 4.94. The quantitative estimate of drug-likeness (QED) is 0.412. The van der Waals surface area contributed by atoms with E-state index in [-0.39, 0.29) is 28.2 Å². The highest BCUT2D eigenvalue weighted by Gasteiger charge is 2.33. The number of carbonyl (C=O) groups is 2. The van der Waals surface area contributed by atoms with Crippen LogP contribution in [0.4, 0.5) is 24.5 Å². The van der Waals surface area contributed by atoms with Gasteiger partial charge in [-0.15, -0.1) is 13.2 Å². The number of nitrogens with zero attached hydrogens (tertiary/aromatic N) is 2. The predicted molar refractivity (Wildman–Crippen MR) is 135 cm³/mol. The first-order valence-corrected chi connectivity index (χ1v) is 11.7. The van der Waals surface area contributed by atoms with E-state index < -0.39 is 18.0 Å². The number of hydrogen-bond donors (Lipinski definition) is 1. The summed E-state index contributed by atoms with van der Waals surface area (Å²) < 4.78 is 42.0. The van der Waals surface area contributed by atoms with Crippen molar-refractivity contribution in [2.45, 2.75) is 13.3 Å². The van der Waals surface area contributed by atoms with Crippen LogP contribution in [-0.2, 0) is 9.59 Å². The van der Waals surface area contributed by atoms with E-state index in [9.17, 15) is 22.8 Å². The van der Waals surface area contributed by atoms with E-state index in [0.29, 0.717) is 5.69 Å². The van der Waals surface area contributed by atoms with Gasteiger partial charge in [0.15, 0.2) is 10.9 Å². The Labute approximate surface area is 209 Å². The molecule has 0 unspecified atom stereocenters. The number of hydrogen-bond acceptors (Lipinski definition) is 5. The number of para-hydroxylation sites is 3. The standard InChI is InChI=1S/C26H20F3N3O3S/c1-17-11-13-18(14-12-17)15-21-24(34)32(19-7-3-2-4-8-19)25(31-21)36-16-23(33)30-20-9-5-6-10-22(20)35-26(27,28)29/h2-15H,16H2,1H3,(H,30,33)/b21-15+. The van der Waals surface area contributed by atoms with Gasteiger partial charge in [-0.25, -0.2) is 4.99 Å². The molecule has 0 bridgehead atoms. The van der Waals surface area contributed by atoms with Crippen molar-refractivity contribution in [3.05, 3.63) is 95.7 Å². The number of nitrogens with one attached hydrogen (secondary N) is 1. The number of rotatable bonds is 6. The van der Waals surface area contributed by atoms with Crippen LogP contribution in [0, 0.1) is 6.92 Å². The summed E-state index contributed by atoms with van der Waals surface area (Å²) in [5.41, 5.74) is 2.53. The molecule has 184 valence electrons. The third kappa shape index (κ3) is 6.33. The number of benzene rings is 3. The van der Waals surface area contributed by atoms with Gasteiger partial charge in [-0.3, -0.25) is 14.5 Å². The number of carbonyl (C=O) groups excluding carboxylic acids is 2. The fourth-order valence-corrected chi connectivity index (χ4v) is 4.13. The lowest BCUT2D eigenvalue weighted by molar-refractivity contribution is -0.274. The number of alkyl halides is 3. The third-order valence-corrected chi connectivity index (χ3v) is 5.88. The van der Waals surface area contributed by atoms with Gasteiger partial charge < -0.3 is 10.1 Å². The van der Waals surface area contributed by atoms with Gasteiger partial charge in [0.25, 0.3) is 5.91 Å². The van der Waals surface area contributed by atoms with Crippen LogP contribution in [0.25, 0.3) is 6.08 Å². The lowest BCUT2D eigenvalue weighted by Gasteiger charge is -2.18. The van der Waals surface area contributed by atoms with Gasteiger partial charge in [-0.2, -0.15) is 0 Å². The molecule has 6 nitrogen and oxygen atoms in total. The fraction of sp³-hybridized carbons (Fsp3) is 0.115. The van der Waals surface area contributed by atoms with Gasteiger partial charge in [-0.1, -0.05) is 71.9 Å². The summed E-state index contributed by atoms with van der Waals surface area (Å²) >= 11 is 0.993. The highest BCUT2D eigenvalue weighted by atomic mass is 32.2. The zero-order valence-electron chi connectivity index (χ0n) is 19.0. The summed E-state index contributed by atoms with van der Waals surface area (Å²) in [6, 6.07) is 21.7. The maximum Gasteiger partial charge on any atom is 0.573 e. The average Bonchev–Trinajstić information content (AvgIpc) is 3.15. The van der Waals surface area contributed by atoms with Crippen LogP contribution in [0.3, 0.4) is 0 Å². The smallest absolute Gasteiger partial charge is 0.404 e. The van der Waals surface area contributed by atoms with E-state index in [2.05, 4.69) is 15.0 Å². The number of halogens is 3. The van der Waals surface area contributed by atoms with Crippen molar-refractivity contribution < 1.29 is 27.5 Å². The second-order valence-electron chi connectivity index (χ2n) is 7.69. The van der Waals surface area contributed by atoms with Gasteiger partial charge in [-0.05, 0) is 42.8 Å². The second-order valence-corrected chi connectivity index (χ2v) is 8.63. The Morgan fingerprint density at radius 1 is 1.03 bits per heavy atom. The van der Waals surface area contributed by atoms with E-state index >= 15 is 0 Å². The number of aliphatic imine (C=N–C) groups is 1. The summed E-state index contributed by atoms with van der Waals surface area (Å²) in [6.07, 6.45) is -3.24. The largest absolute Gasteiger partial charge is 0.573 e. The summed E-state index contributed by atoms with van der Waals surface area (Å²) in [6.45, 7) is 1.96. The molecule has 4 rings (SSSR count). The molecule has 3 aromatic rings. The maximum absolute atomic E-state index is 13.2. The fourth-order valence-electron chi connectivity index (χ4n) is 3.32. The molecule has 0 fully saturated rings. The molecule has 1 aliphatic heterocycles. The maximum atomic E-state index is 13.2. The predicted octanol–water partition coefficient (Wildman–Crippen LogP) is 6.01. The monoisotopic (exact) mass is 511 g/mol. The summed E-state index contributed by atoms with van der Waals surface area (Å²) in [7, 11) is 0. The Hall–Kier alpha value is -4.05. The molecule has 0 aromatic heterocycles. The lowest BCUT2D eigenvalue weighted by Crippen LogP contribution is -2.31.